The Bertz CT molecular complexity index is 685. The number of hydrogen-bond donors (Lipinski definition) is 1. The topological polar surface area (TPSA) is 67.5 Å². The van der Waals surface area contributed by atoms with Crippen molar-refractivity contribution in [2.75, 3.05) is 6.61 Å². The summed E-state index contributed by atoms with van der Waals surface area (Å²) in [7, 11) is -3.55. The van der Waals surface area contributed by atoms with Crippen molar-refractivity contribution in [3.05, 3.63) is 66.1 Å². The molecule has 1 atom stereocenters. The van der Waals surface area contributed by atoms with Gasteiger partial charge in [0.25, 0.3) is 0 Å². The lowest BCUT2D eigenvalue weighted by Crippen LogP contribution is -2.14. The number of allylic oxidation sites excluding steroid dienone is 1. The minimum Gasteiger partial charge on any atom is -0.468 e. The van der Waals surface area contributed by atoms with Crippen LogP contribution in [0.25, 0.3) is 0 Å². The first-order valence-corrected chi connectivity index (χ1v) is 8.19. The average molecular weight is 306 g/mol. The molecule has 0 radical (unpaired) electrons. The van der Waals surface area contributed by atoms with Gasteiger partial charge in [-0.3, -0.25) is 0 Å². The second kappa shape index (κ2) is 6.74. The van der Waals surface area contributed by atoms with Gasteiger partial charge in [0.15, 0.2) is 9.84 Å². The monoisotopic (exact) mass is 306 g/mol. The molecule has 0 amide bonds. The van der Waals surface area contributed by atoms with Crippen LogP contribution in [-0.2, 0) is 9.84 Å². The van der Waals surface area contributed by atoms with Crippen LogP contribution in [0.5, 0.6) is 0 Å². The third-order valence-corrected chi connectivity index (χ3v) is 5.33. The van der Waals surface area contributed by atoms with Crippen molar-refractivity contribution in [2.45, 2.75) is 23.5 Å². The van der Waals surface area contributed by atoms with Crippen LogP contribution in [0, 0.1) is 0 Å². The molecule has 1 unspecified atom stereocenters. The Morgan fingerprint density at radius 3 is 2.52 bits per heavy atom. The van der Waals surface area contributed by atoms with Crippen LogP contribution in [0.2, 0.25) is 0 Å². The highest BCUT2D eigenvalue weighted by atomic mass is 32.2. The number of rotatable bonds is 6. The van der Waals surface area contributed by atoms with E-state index in [1.54, 1.807) is 55.5 Å². The molecule has 1 heterocycles. The Labute approximate surface area is 124 Å². The van der Waals surface area contributed by atoms with Crippen molar-refractivity contribution in [1.29, 1.82) is 0 Å². The Kier molecular flexibility index (Phi) is 4.98. The maximum atomic E-state index is 12.8. The standard InChI is InChI=1S/C16H18O4S/c1-13(9-10-17)12-16(15-8-5-11-20-15)21(18,19)14-6-3-2-4-7-14/h2-9,11,16-17H,10,12H2,1H3/b13-9+. The Hall–Kier alpha value is -1.85. The lowest BCUT2D eigenvalue weighted by molar-refractivity contribution is 0.341. The molecule has 1 aromatic carbocycles. The van der Waals surface area contributed by atoms with Crippen molar-refractivity contribution in [3.8, 4) is 0 Å². The van der Waals surface area contributed by atoms with E-state index in [1.165, 1.54) is 6.26 Å². The fraction of sp³-hybridized carbons (Fsp3) is 0.250. The highest BCUT2D eigenvalue weighted by Crippen LogP contribution is 2.34. The summed E-state index contributed by atoms with van der Waals surface area (Å²) < 4.78 is 31.0. The molecule has 0 aliphatic carbocycles. The number of furan rings is 1. The molecule has 1 N–H and O–H groups in total. The SMILES string of the molecule is C/C(=C\CO)CC(c1ccco1)S(=O)(=O)c1ccccc1. The third kappa shape index (κ3) is 3.62. The van der Waals surface area contributed by atoms with Crippen LogP contribution in [0.15, 0.2) is 69.7 Å². The molecule has 5 heteroatoms. The van der Waals surface area contributed by atoms with Gasteiger partial charge in [-0.2, -0.15) is 0 Å². The van der Waals surface area contributed by atoms with Crippen molar-refractivity contribution < 1.29 is 17.9 Å². The Morgan fingerprint density at radius 2 is 1.95 bits per heavy atom. The van der Waals surface area contributed by atoms with Gasteiger partial charge in [-0.25, -0.2) is 8.42 Å². The van der Waals surface area contributed by atoms with Gasteiger partial charge >= 0.3 is 0 Å². The first-order chi connectivity index (χ1) is 10.1. The molecule has 0 saturated heterocycles. The van der Waals surface area contributed by atoms with E-state index in [2.05, 4.69) is 0 Å². The number of hydrogen-bond acceptors (Lipinski definition) is 4. The van der Waals surface area contributed by atoms with Crippen LogP contribution >= 0.6 is 0 Å². The predicted molar refractivity (Wildman–Crippen MR) is 80.5 cm³/mol. The molecule has 2 rings (SSSR count). The summed E-state index contributed by atoms with van der Waals surface area (Å²) >= 11 is 0. The molecule has 0 fully saturated rings. The normalized spacial score (nSPS) is 14.1. The lowest BCUT2D eigenvalue weighted by atomic mass is 10.1. The van der Waals surface area contributed by atoms with E-state index >= 15 is 0 Å². The average Bonchev–Trinajstić information content (AvgIpc) is 2.99. The van der Waals surface area contributed by atoms with E-state index in [9.17, 15) is 8.42 Å². The van der Waals surface area contributed by atoms with Gasteiger partial charge in [-0.05, 0) is 37.6 Å². The second-order valence-corrected chi connectivity index (χ2v) is 6.93. The summed E-state index contributed by atoms with van der Waals surface area (Å²) in [6, 6.07) is 11.7. The van der Waals surface area contributed by atoms with Gasteiger partial charge in [0.05, 0.1) is 17.8 Å². The summed E-state index contributed by atoms with van der Waals surface area (Å²) in [6.07, 6.45) is 3.36. The van der Waals surface area contributed by atoms with Crippen molar-refractivity contribution in [3.63, 3.8) is 0 Å². The largest absolute Gasteiger partial charge is 0.468 e. The number of sulfone groups is 1. The summed E-state index contributed by atoms with van der Waals surface area (Å²) in [5.41, 5.74) is 0.804. The third-order valence-electron chi connectivity index (χ3n) is 3.25. The molecule has 0 aliphatic rings. The summed E-state index contributed by atoms with van der Waals surface area (Å²) in [4.78, 5) is 0.267. The molecule has 0 aliphatic heterocycles. The van der Waals surface area contributed by atoms with Gasteiger partial charge in [-0.1, -0.05) is 29.8 Å². The fourth-order valence-corrected chi connectivity index (χ4v) is 3.93. The smallest absolute Gasteiger partial charge is 0.188 e. The van der Waals surface area contributed by atoms with Crippen LogP contribution in [0.1, 0.15) is 24.4 Å². The van der Waals surface area contributed by atoms with Crippen LogP contribution in [0.3, 0.4) is 0 Å². The maximum absolute atomic E-state index is 12.8. The van der Waals surface area contributed by atoms with Crippen molar-refractivity contribution in [1.82, 2.24) is 0 Å². The summed E-state index contributed by atoms with van der Waals surface area (Å²) in [5.74, 6) is 0.407. The zero-order valence-corrected chi connectivity index (χ0v) is 12.6. The molecular formula is C16H18O4S. The number of aliphatic hydroxyl groups is 1. The van der Waals surface area contributed by atoms with Crippen molar-refractivity contribution in [2.24, 2.45) is 0 Å². The maximum Gasteiger partial charge on any atom is 0.188 e. The molecule has 1 aromatic heterocycles. The quantitative estimate of drug-likeness (QED) is 0.833. The highest BCUT2D eigenvalue weighted by molar-refractivity contribution is 7.91. The zero-order chi connectivity index (χ0) is 15.3. The van der Waals surface area contributed by atoms with Gasteiger partial charge in [-0.15, -0.1) is 0 Å². The number of aliphatic hydroxyl groups excluding tert-OH is 1. The second-order valence-electron chi connectivity index (χ2n) is 4.80. The first kappa shape index (κ1) is 15.5. The number of benzene rings is 1. The molecule has 0 saturated carbocycles. The Morgan fingerprint density at radius 1 is 1.24 bits per heavy atom. The fourth-order valence-electron chi connectivity index (χ4n) is 2.14. The molecule has 2 aromatic rings. The van der Waals surface area contributed by atoms with E-state index < -0.39 is 15.1 Å². The van der Waals surface area contributed by atoms with Crippen LogP contribution in [0.4, 0.5) is 0 Å². The van der Waals surface area contributed by atoms with E-state index in [0.717, 1.165) is 5.57 Å². The minimum absolute atomic E-state index is 0.109. The highest BCUT2D eigenvalue weighted by Gasteiger charge is 2.31. The van der Waals surface area contributed by atoms with Crippen molar-refractivity contribution >= 4 is 9.84 Å². The Balaban J connectivity index is 2.43. The summed E-state index contributed by atoms with van der Waals surface area (Å²) in [5, 5.41) is 8.16. The van der Waals surface area contributed by atoms with Crippen LogP contribution in [-0.4, -0.2) is 20.1 Å². The van der Waals surface area contributed by atoms with Gasteiger partial charge in [0.2, 0.25) is 0 Å². The predicted octanol–water partition coefficient (Wildman–Crippen LogP) is 3.12. The van der Waals surface area contributed by atoms with Gasteiger partial charge in [0.1, 0.15) is 11.0 Å². The van der Waals surface area contributed by atoms with Gasteiger partial charge in [0, 0.05) is 0 Å². The molecule has 112 valence electrons. The minimum atomic E-state index is -3.55. The molecule has 0 spiro atoms. The molecular weight excluding hydrogens is 288 g/mol. The van der Waals surface area contributed by atoms with E-state index in [0.29, 0.717) is 5.76 Å². The van der Waals surface area contributed by atoms with Gasteiger partial charge < -0.3 is 9.52 Å². The summed E-state index contributed by atoms with van der Waals surface area (Å²) in [6.45, 7) is 1.69. The molecule has 0 bridgehead atoms. The van der Waals surface area contributed by atoms with E-state index in [1.807, 2.05) is 0 Å². The molecule has 4 nitrogen and oxygen atoms in total. The van der Waals surface area contributed by atoms with Crippen LogP contribution < -0.4 is 0 Å². The zero-order valence-electron chi connectivity index (χ0n) is 11.8. The van der Waals surface area contributed by atoms with E-state index in [-0.39, 0.29) is 17.9 Å². The van der Waals surface area contributed by atoms with E-state index in [4.69, 9.17) is 9.52 Å². The molecule has 21 heavy (non-hydrogen) atoms. The lowest BCUT2D eigenvalue weighted by Gasteiger charge is -2.16. The first-order valence-electron chi connectivity index (χ1n) is 6.64.